The fourth-order valence-electron chi connectivity index (χ4n) is 1.77. The first-order valence-corrected chi connectivity index (χ1v) is 7.12. The van der Waals surface area contributed by atoms with Crippen molar-refractivity contribution in [3.05, 3.63) is 67.2 Å². The van der Waals surface area contributed by atoms with Crippen molar-refractivity contribution >= 4 is 45.8 Å². The van der Waals surface area contributed by atoms with Crippen LogP contribution in [0.1, 0.15) is 17.2 Å². The Morgan fingerprint density at radius 3 is 2.39 bits per heavy atom. The van der Waals surface area contributed by atoms with Crippen LogP contribution in [0.5, 0.6) is 0 Å². The summed E-state index contributed by atoms with van der Waals surface area (Å²) in [6.07, 6.45) is 0. The minimum absolute atomic E-state index is 0.173. The number of nitrogens with one attached hydrogen (secondary N) is 1. The van der Waals surface area contributed by atoms with E-state index in [2.05, 4.69) is 28.0 Å². The molecule has 5 heteroatoms. The number of rotatable bonds is 3. The molecule has 0 aromatic heterocycles. The maximum Gasteiger partial charge on any atom is 0.0725 e. The number of halogens is 3. The summed E-state index contributed by atoms with van der Waals surface area (Å²) in [6, 6.07) is 13.3. The smallest absolute Gasteiger partial charge is 0.0725 e. The van der Waals surface area contributed by atoms with E-state index in [-0.39, 0.29) is 6.04 Å². The quantitative estimate of drug-likeness (QED) is 0.467. The average molecular weight is 393 g/mol. The highest BCUT2D eigenvalue weighted by molar-refractivity contribution is 14.1. The predicted molar refractivity (Wildman–Crippen MR) is 84.8 cm³/mol. The van der Waals surface area contributed by atoms with Gasteiger partial charge in [0.2, 0.25) is 0 Å². The first kappa shape index (κ1) is 14.1. The maximum absolute atomic E-state index is 6.19. The molecular weight excluding hydrogens is 382 g/mol. The second-order valence-corrected chi connectivity index (χ2v) is 5.77. The van der Waals surface area contributed by atoms with Gasteiger partial charge in [0.15, 0.2) is 0 Å². The molecule has 1 unspecified atom stereocenters. The Labute approximate surface area is 130 Å². The highest BCUT2D eigenvalue weighted by atomic mass is 127. The largest absolute Gasteiger partial charge is 0.271 e. The Bertz CT molecular complexity index is 560. The number of nitrogens with two attached hydrogens (primary N) is 1. The Morgan fingerprint density at radius 2 is 1.78 bits per heavy atom. The molecule has 2 nitrogen and oxygen atoms in total. The zero-order valence-electron chi connectivity index (χ0n) is 9.33. The van der Waals surface area contributed by atoms with Gasteiger partial charge in [-0.05, 0) is 51.9 Å². The van der Waals surface area contributed by atoms with Crippen molar-refractivity contribution in [1.82, 2.24) is 5.43 Å². The van der Waals surface area contributed by atoms with Gasteiger partial charge in [0.05, 0.1) is 11.1 Å². The zero-order chi connectivity index (χ0) is 13.1. The Hall–Kier alpha value is -0.330. The molecule has 0 aliphatic carbocycles. The fraction of sp³-hybridized carbons (Fsp3) is 0.0769. The molecule has 2 aromatic rings. The lowest BCUT2D eigenvalue weighted by molar-refractivity contribution is 0.637. The van der Waals surface area contributed by atoms with Crippen LogP contribution in [0.25, 0.3) is 0 Å². The molecule has 2 aromatic carbocycles. The molecule has 18 heavy (non-hydrogen) atoms. The molecular formula is C13H11Cl2IN2. The Balaban J connectivity index is 2.45. The lowest BCUT2D eigenvalue weighted by Gasteiger charge is -2.18. The third kappa shape index (κ3) is 2.97. The van der Waals surface area contributed by atoms with Gasteiger partial charge >= 0.3 is 0 Å². The van der Waals surface area contributed by atoms with E-state index in [1.54, 1.807) is 0 Å². The van der Waals surface area contributed by atoms with Crippen LogP contribution in [0.4, 0.5) is 0 Å². The van der Waals surface area contributed by atoms with Crippen LogP contribution in [-0.2, 0) is 0 Å². The van der Waals surface area contributed by atoms with Crippen molar-refractivity contribution in [3.63, 3.8) is 0 Å². The highest BCUT2D eigenvalue weighted by Crippen LogP contribution is 2.30. The van der Waals surface area contributed by atoms with Crippen molar-refractivity contribution in [2.75, 3.05) is 0 Å². The molecule has 0 amide bonds. The van der Waals surface area contributed by atoms with Gasteiger partial charge in [0, 0.05) is 8.59 Å². The van der Waals surface area contributed by atoms with Crippen LogP contribution in [0.15, 0.2) is 42.5 Å². The first-order valence-electron chi connectivity index (χ1n) is 5.29. The van der Waals surface area contributed by atoms with E-state index in [4.69, 9.17) is 29.0 Å². The molecule has 0 aliphatic heterocycles. The van der Waals surface area contributed by atoms with E-state index in [1.807, 2.05) is 42.5 Å². The summed E-state index contributed by atoms with van der Waals surface area (Å²) in [5.74, 6) is 5.64. The van der Waals surface area contributed by atoms with Gasteiger partial charge in [-0.2, -0.15) is 0 Å². The van der Waals surface area contributed by atoms with E-state index in [1.165, 1.54) is 0 Å². The lowest BCUT2D eigenvalue weighted by Crippen LogP contribution is -2.29. The van der Waals surface area contributed by atoms with Crippen LogP contribution in [0.3, 0.4) is 0 Å². The summed E-state index contributed by atoms with van der Waals surface area (Å²) in [4.78, 5) is 0. The van der Waals surface area contributed by atoms with Gasteiger partial charge < -0.3 is 0 Å². The Morgan fingerprint density at radius 1 is 1.06 bits per heavy atom. The summed E-state index contributed by atoms with van der Waals surface area (Å²) in [5.41, 5.74) is 4.69. The molecule has 94 valence electrons. The van der Waals surface area contributed by atoms with Crippen molar-refractivity contribution in [1.29, 1.82) is 0 Å². The zero-order valence-corrected chi connectivity index (χ0v) is 13.0. The van der Waals surface area contributed by atoms with Gasteiger partial charge in [-0.15, -0.1) is 0 Å². The Kier molecular flexibility index (Phi) is 4.86. The number of hydrogen-bond donors (Lipinski definition) is 2. The molecule has 0 aliphatic rings. The first-order chi connectivity index (χ1) is 8.63. The summed E-state index contributed by atoms with van der Waals surface area (Å²) >= 11 is 14.5. The third-order valence-electron chi connectivity index (χ3n) is 2.66. The van der Waals surface area contributed by atoms with Gasteiger partial charge in [-0.1, -0.05) is 47.5 Å². The summed E-state index contributed by atoms with van der Waals surface area (Å²) in [6.45, 7) is 0. The van der Waals surface area contributed by atoms with E-state index in [0.717, 1.165) is 14.7 Å². The van der Waals surface area contributed by atoms with E-state index < -0.39 is 0 Å². The van der Waals surface area contributed by atoms with Crippen molar-refractivity contribution < 1.29 is 0 Å². The van der Waals surface area contributed by atoms with E-state index in [9.17, 15) is 0 Å². The molecule has 0 bridgehead atoms. The topological polar surface area (TPSA) is 38.0 Å². The molecule has 0 saturated heterocycles. The predicted octanol–water partition coefficient (Wildman–Crippen LogP) is 4.15. The number of hydrogen-bond acceptors (Lipinski definition) is 2. The number of benzene rings is 2. The van der Waals surface area contributed by atoms with Crippen molar-refractivity contribution in [2.45, 2.75) is 6.04 Å². The fourth-order valence-corrected chi connectivity index (χ4v) is 2.54. The average Bonchev–Trinajstić information content (AvgIpc) is 2.37. The van der Waals surface area contributed by atoms with Crippen molar-refractivity contribution in [3.8, 4) is 0 Å². The molecule has 0 spiro atoms. The molecule has 0 radical (unpaired) electrons. The molecule has 2 rings (SSSR count). The molecule has 3 N–H and O–H groups in total. The summed E-state index contributed by atoms with van der Waals surface area (Å²) in [5, 5.41) is 1.38. The van der Waals surface area contributed by atoms with Crippen LogP contribution in [0.2, 0.25) is 10.0 Å². The molecule has 0 saturated carbocycles. The van der Waals surface area contributed by atoms with Crippen molar-refractivity contribution in [2.24, 2.45) is 5.84 Å². The van der Waals surface area contributed by atoms with Gasteiger partial charge in [-0.3, -0.25) is 5.84 Å². The normalized spacial score (nSPS) is 12.4. The highest BCUT2D eigenvalue weighted by Gasteiger charge is 2.15. The van der Waals surface area contributed by atoms with Gasteiger partial charge in [0.25, 0.3) is 0 Å². The minimum Gasteiger partial charge on any atom is -0.271 e. The number of hydrazine groups is 1. The lowest BCUT2D eigenvalue weighted by atomic mass is 9.99. The molecule has 0 fully saturated rings. The van der Waals surface area contributed by atoms with Crippen LogP contribution < -0.4 is 11.3 Å². The van der Waals surface area contributed by atoms with Crippen LogP contribution >= 0.6 is 45.8 Å². The molecule has 1 atom stereocenters. The third-order valence-corrected chi connectivity index (χ3v) is 4.58. The van der Waals surface area contributed by atoms with Gasteiger partial charge in [0.1, 0.15) is 0 Å². The SMILES string of the molecule is NNC(c1ccc(I)c(Cl)c1)c1ccccc1Cl. The maximum atomic E-state index is 6.19. The standard InChI is InChI=1S/C13H11Cl2IN2/c14-10-4-2-1-3-9(10)13(18-17)8-5-6-12(16)11(15)7-8/h1-7,13,18H,17H2. The second-order valence-electron chi connectivity index (χ2n) is 3.79. The van der Waals surface area contributed by atoms with Crippen LogP contribution in [0, 0.1) is 3.57 Å². The van der Waals surface area contributed by atoms with E-state index >= 15 is 0 Å². The monoisotopic (exact) mass is 392 g/mol. The minimum atomic E-state index is -0.173. The van der Waals surface area contributed by atoms with E-state index in [0.29, 0.717) is 10.0 Å². The second kappa shape index (κ2) is 6.21. The van der Waals surface area contributed by atoms with Crippen LogP contribution in [-0.4, -0.2) is 0 Å². The summed E-state index contributed by atoms with van der Waals surface area (Å²) < 4.78 is 1.01. The molecule has 0 heterocycles. The summed E-state index contributed by atoms with van der Waals surface area (Å²) in [7, 11) is 0. The van der Waals surface area contributed by atoms with Gasteiger partial charge in [-0.25, -0.2) is 5.43 Å².